The van der Waals surface area contributed by atoms with Crippen molar-refractivity contribution in [2.24, 2.45) is 0 Å². The van der Waals surface area contributed by atoms with Crippen molar-refractivity contribution in [1.82, 2.24) is 9.80 Å². The molecule has 0 bridgehead atoms. The molecule has 0 radical (unpaired) electrons. The van der Waals surface area contributed by atoms with Crippen molar-refractivity contribution < 1.29 is 19.3 Å². The lowest BCUT2D eigenvalue weighted by molar-refractivity contribution is 0.0492. The molecule has 1 fully saturated rings. The van der Waals surface area contributed by atoms with E-state index in [1.54, 1.807) is 6.07 Å². The van der Waals surface area contributed by atoms with E-state index >= 15 is 0 Å². The van der Waals surface area contributed by atoms with Gasteiger partial charge in [-0.15, -0.1) is 0 Å². The fourth-order valence-corrected chi connectivity index (χ4v) is 3.73. The van der Waals surface area contributed by atoms with Gasteiger partial charge < -0.3 is 14.9 Å². The van der Waals surface area contributed by atoms with Gasteiger partial charge in [0, 0.05) is 50.9 Å². The van der Waals surface area contributed by atoms with E-state index in [1.807, 2.05) is 30.3 Å². The molecule has 1 saturated heterocycles. The molecule has 152 valence electrons. The van der Waals surface area contributed by atoms with Crippen LogP contribution in [0, 0.1) is 5.82 Å². The van der Waals surface area contributed by atoms with E-state index in [9.17, 15) is 9.50 Å². The zero-order valence-corrected chi connectivity index (χ0v) is 16.1. The maximum absolute atomic E-state index is 14.0. The van der Waals surface area contributed by atoms with Gasteiger partial charge in [-0.05, 0) is 30.2 Å². The van der Waals surface area contributed by atoms with E-state index < -0.39 is 0 Å². The van der Waals surface area contributed by atoms with Gasteiger partial charge in [-0.2, -0.15) is 0 Å². The van der Waals surface area contributed by atoms with Crippen LogP contribution >= 0.6 is 0 Å². The average molecular weight is 388 g/mol. The summed E-state index contributed by atoms with van der Waals surface area (Å²) in [7, 11) is 0. The van der Waals surface area contributed by atoms with E-state index in [-0.39, 0.29) is 31.7 Å². The van der Waals surface area contributed by atoms with E-state index in [1.165, 1.54) is 6.07 Å². The van der Waals surface area contributed by atoms with Crippen LogP contribution in [-0.2, 0) is 13.1 Å². The number of aliphatic hydroxyl groups is 2. The smallest absolute Gasteiger partial charge is 0.127 e. The molecule has 0 aliphatic carbocycles. The molecule has 0 saturated carbocycles. The molecule has 0 aromatic heterocycles. The summed E-state index contributed by atoms with van der Waals surface area (Å²) in [6.07, 6.45) is 0.671. The molecule has 0 spiro atoms. The van der Waals surface area contributed by atoms with Crippen molar-refractivity contribution in [3.63, 3.8) is 0 Å². The van der Waals surface area contributed by atoms with Crippen molar-refractivity contribution >= 4 is 0 Å². The summed E-state index contributed by atoms with van der Waals surface area (Å²) in [5.74, 6) is 0.587. The summed E-state index contributed by atoms with van der Waals surface area (Å²) < 4.78 is 19.5. The maximum atomic E-state index is 14.0. The minimum Gasteiger partial charge on any atom is -0.491 e. The van der Waals surface area contributed by atoms with Crippen molar-refractivity contribution in [2.45, 2.75) is 25.6 Å². The normalized spacial score (nSPS) is 18.3. The Balaban J connectivity index is 1.61. The highest BCUT2D eigenvalue weighted by Crippen LogP contribution is 2.21. The van der Waals surface area contributed by atoms with Gasteiger partial charge in [0.1, 0.15) is 18.2 Å². The number of ether oxygens (including phenoxy) is 1. The van der Waals surface area contributed by atoms with Gasteiger partial charge in [0.15, 0.2) is 0 Å². The van der Waals surface area contributed by atoms with Crippen molar-refractivity contribution in [2.75, 3.05) is 39.5 Å². The second-order valence-electron chi connectivity index (χ2n) is 7.18. The molecule has 1 aliphatic heterocycles. The first-order chi connectivity index (χ1) is 13.7. The van der Waals surface area contributed by atoms with Gasteiger partial charge in [0.05, 0.1) is 6.61 Å². The second kappa shape index (κ2) is 10.5. The third kappa shape index (κ3) is 5.75. The number of aliphatic hydroxyl groups excluding tert-OH is 2. The Morgan fingerprint density at radius 3 is 2.64 bits per heavy atom. The molecule has 0 amide bonds. The van der Waals surface area contributed by atoms with Crippen LogP contribution in [0.2, 0.25) is 0 Å². The van der Waals surface area contributed by atoms with Gasteiger partial charge in [0.25, 0.3) is 0 Å². The van der Waals surface area contributed by atoms with Crippen LogP contribution in [0.15, 0.2) is 48.5 Å². The minimum atomic E-state index is -0.174. The average Bonchev–Trinajstić information content (AvgIpc) is 2.70. The number of hydrogen-bond acceptors (Lipinski definition) is 5. The first kappa shape index (κ1) is 20.7. The SMILES string of the molecule is OCCOc1cccc(CN2CCN(Cc3ccccc3F)C(CCO)C2)c1. The first-order valence-corrected chi connectivity index (χ1v) is 9.83. The molecule has 2 aromatic carbocycles. The van der Waals surface area contributed by atoms with Crippen LogP contribution in [0.4, 0.5) is 4.39 Å². The Hall–Kier alpha value is -1.99. The summed E-state index contributed by atoms with van der Waals surface area (Å²) in [4.78, 5) is 4.63. The molecule has 1 heterocycles. The number of rotatable bonds is 9. The lowest BCUT2D eigenvalue weighted by Gasteiger charge is -2.41. The molecular weight excluding hydrogens is 359 g/mol. The number of hydrogen-bond donors (Lipinski definition) is 2. The molecule has 1 unspecified atom stereocenters. The Morgan fingerprint density at radius 1 is 1.00 bits per heavy atom. The monoisotopic (exact) mass is 388 g/mol. The van der Waals surface area contributed by atoms with Crippen LogP contribution in [-0.4, -0.2) is 65.5 Å². The predicted molar refractivity (Wildman–Crippen MR) is 107 cm³/mol. The summed E-state index contributed by atoms with van der Waals surface area (Å²) >= 11 is 0. The Kier molecular flexibility index (Phi) is 7.80. The van der Waals surface area contributed by atoms with Gasteiger partial charge in [0.2, 0.25) is 0 Å². The summed E-state index contributed by atoms with van der Waals surface area (Å²) in [6.45, 7) is 4.32. The van der Waals surface area contributed by atoms with E-state index in [2.05, 4.69) is 15.9 Å². The zero-order valence-electron chi connectivity index (χ0n) is 16.1. The van der Waals surface area contributed by atoms with Crippen molar-refractivity contribution in [3.05, 3.63) is 65.5 Å². The van der Waals surface area contributed by atoms with E-state index in [4.69, 9.17) is 9.84 Å². The topological polar surface area (TPSA) is 56.2 Å². The quantitative estimate of drug-likeness (QED) is 0.690. The third-order valence-corrected chi connectivity index (χ3v) is 5.15. The number of piperazine rings is 1. The van der Waals surface area contributed by atoms with Crippen molar-refractivity contribution in [3.8, 4) is 5.75 Å². The molecule has 2 N–H and O–H groups in total. The Bertz CT molecular complexity index is 743. The molecule has 1 atom stereocenters. The number of benzene rings is 2. The summed E-state index contributed by atoms with van der Waals surface area (Å²) in [5.41, 5.74) is 1.85. The largest absolute Gasteiger partial charge is 0.491 e. The van der Waals surface area contributed by atoms with E-state index in [0.717, 1.165) is 37.5 Å². The standard InChI is InChI=1S/C22H29FN2O3/c23-22-7-2-1-5-19(22)16-25-10-9-24(17-20(25)8-11-26)15-18-4-3-6-21(14-18)28-13-12-27/h1-7,14,20,26-27H,8-13,15-17H2. The summed E-state index contributed by atoms with van der Waals surface area (Å²) in [5, 5.41) is 18.4. The van der Waals surface area contributed by atoms with Crippen molar-refractivity contribution in [1.29, 1.82) is 0 Å². The highest BCUT2D eigenvalue weighted by atomic mass is 19.1. The minimum absolute atomic E-state index is 0.00294. The fourth-order valence-electron chi connectivity index (χ4n) is 3.73. The third-order valence-electron chi connectivity index (χ3n) is 5.15. The highest BCUT2D eigenvalue weighted by molar-refractivity contribution is 5.28. The highest BCUT2D eigenvalue weighted by Gasteiger charge is 2.27. The predicted octanol–water partition coefficient (Wildman–Crippen LogP) is 2.27. The number of nitrogens with zero attached hydrogens (tertiary/aromatic N) is 2. The van der Waals surface area contributed by atoms with Gasteiger partial charge in [-0.3, -0.25) is 9.80 Å². The van der Waals surface area contributed by atoms with Crippen LogP contribution in [0.1, 0.15) is 17.5 Å². The van der Waals surface area contributed by atoms with Gasteiger partial charge in [-0.1, -0.05) is 30.3 Å². The molecule has 28 heavy (non-hydrogen) atoms. The molecule has 2 aromatic rings. The molecule has 5 nitrogen and oxygen atoms in total. The molecule has 6 heteroatoms. The fraction of sp³-hybridized carbons (Fsp3) is 0.455. The van der Waals surface area contributed by atoms with Crippen LogP contribution in [0.5, 0.6) is 5.75 Å². The first-order valence-electron chi connectivity index (χ1n) is 9.83. The Morgan fingerprint density at radius 2 is 1.86 bits per heavy atom. The summed E-state index contributed by atoms with van der Waals surface area (Å²) in [6, 6.07) is 15.0. The zero-order chi connectivity index (χ0) is 19.8. The van der Waals surface area contributed by atoms with Gasteiger partial charge >= 0.3 is 0 Å². The van der Waals surface area contributed by atoms with Crippen LogP contribution in [0.25, 0.3) is 0 Å². The second-order valence-corrected chi connectivity index (χ2v) is 7.18. The molecule has 3 rings (SSSR count). The van der Waals surface area contributed by atoms with Gasteiger partial charge in [-0.25, -0.2) is 4.39 Å². The maximum Gasteiger partial charge on any atom is 0.127 e. The van der Waals surface area contributed by atoms with Crippen LogP contribution < -0.4 is 4.74 Å². The van der Waals surface area contributed by atoms with E-state index in [0.29, 0.717) is 18.5 Å². The van der Waals surface area contributed by atoms with Crippen LogP contribution in [0.3, 0.4) is 0 Å². The molecule has 1 aliphatic rings. The lowest BCUT2D eigenvalue weighted by Crippen LogP contribution is -2.52. The molecular formula is C22H29FN2O3. The Labute approximate surface area is 166 Å². The lowest BCUT2D eigenvalue weighted by atomic mass is 10.1. The number of halogens is 1.